The highest BCUT2D eigenvalue weighted by molar-refractivity contribution is 6.03. The zero-order valence-electron chi connectivity index (χ0n) is 41.2. The van der Waals surface area contributed by atoms with Crippen LogP contribution < -0.4 is 4.90 Å². The number of nitrogens with zero attached hydrogens (tertiary/aromatic N) is 1. The Morgan fingerprint density at radius 3 is 1.25 bits per heavy atom. The van der Waals surface area contributed by atoms with Gasteiger partial charge in [-0.3, -0.25) is 0 Å². The summed E-state index contributed by atoms with van der Waals surface area (Å²) in [5.41, 5.74) is 27.5. The van der Waals surface area contributed by atoms with Crippen molar-refractivity contribution in [3.8, 4) is 66.8 Å². The molecule has 0 atom stereocenters. The van der Waals surface area contributed by atoms with Crippen molar-refractivity contribution >= 4 is 17.1 Å². The maximum atomic E-state index is 2.48. The van der Waals surface area contributed by atoms with Gasteiger partial charge >= 0.3 is 0 Å². The Hall–Kier alpha value is -9.56. The molecule has 0 N–H and O–H groups in total. The largest absolute Gasteiger partial charge is 0.310 e. The molecule has 3 aliphatic carbocycles. The van der Waals surface area contributed by atoms with Crippen molar-refractivity contribution in [1.29, 1.82) is 0 Å². The van der Waals surface area contributed by atoms with Gasteiger partial charge in [0.1, 0.15) is 0 Å². The Kier molecular flexibility index (Phi) is 9.77. The number of fused-ring (bicyclic) bond motifs is 13. The molecule has 0 aromatic heterocycles. The number of hydrogen-bond donors (Lipinski definition) is 0. The molecule has 0 saturated heterocycles. The molecule has 1 heteroatoms. The molecule has 0 unspecified atom stereocenters. The summed E-state index contributed by atoms with van der Waals surface area (Å²) >= 11 is 0. The fourth-order valence-corrected chi connectivity index (χ4v) is 13.6. The Bertz CT molecular complexity index is 4070. The minimum Gasteiger partial charge on any atom is -0.310 e. The first-order valence-corrected chi connectivity index (χ1v) is 26.2. The van der Waals surface area contributed by atoms with Crippen LogP contribution in [0.2, 0.25) is 0 Å². The molecule has 75 heavy (non-hydrogen) atoms. The topological polar surface area (TPSA) is 3.24 Å². The highest BCUT2D eigenvalue weighted by Crippen LogP contribution is 2.66. The van der Waals surface area contributed by atoms with E-state index in [1.165, 1.54) is 111 Å². The first-order valence-electron chi connectivity index (χ1n) is 26.2. The third kappa shape index (κ3) is 6.25. The van der Waals surface area contributed by atoms with Gasteiger partial charge in [0.25, 0.3) is 0 Å². The quantitative estimate of drug-likeness (QED) is 0.147. The monoisotopic (exact) mass is 951 g/mol. The summed E-state index contributed by atoms with van der Waals surface area (Å²) in [5, 5.41) is 0. The van der Waals surface area contributed by atoms with E-state index in [9.17, 15) is 0 Å². The molecule has 0 aliphatic heterocycles. The van der Waals surface area contributed by atoms with Gasteiger partial charge in [0, 0.05) is 17.1 Å². The van der Waals surface area contributed by atoms with E-state index in [-0.39, 0.29) is 0 Å². The standard InChI is InChI=1S/C74H49N/c1-5-22-50(23-6-1)51-42-44-56(45-43-51)75(58-46-47-64-63-34-13-16-38-66(63)73(70(64)49-58,54-27-9-3-10-28-54)55-29-11-4-12-30-55)57-31-19-26-53(48-57)60-36-20-37-65-71-59(52-24-7-2-8-25-52)35-21-41-69(71)74(72(60)65)67-39-17-14-32-61(67)62-33-15-18-40-68(62)74/h1-49H. The van der Waals surface area contributed by atoms with Gasteiger partial charge < -0.3 is 4.90 Å². The van der Waals surface area contributed by atoms with E-state index < -0.39 is 10.8 Å². The zero-order chi connectivity index (χ0) is 49.5. The normalized spacial score (nSPS) is 13.5. The van der Waals surface area contributed by atoms with E-state index in [1.807, 2.05) is 0 Å². The number of anilines is 3. The molecule has 1 spiro atoms. The van der Waals surface area contributed by atoms with E-state index in [4.69, 9.17) is 0 Å². The van der Waals surface area contributed by atoms with E-state index in [0.717, 1.165) is 17.1 Å². The van der Waals surface area contributed by atoms with Gasteiger partial charge in [-0.1, -0.05) is 261 Å². The lowest BCUT2D eigenvalue weighted by Crippen LogP contribution is -2.28. The van der Waals surface area contributed by atoms with Gasteiger partial charge in [-0.05, 0) is 148 Å². The molecule has 350 valence electrons. The number of benzene rings is 12. The van der Waals surface area contributed by atoms with Crippen LogP contribution in [0.25, 0.3) is 66.8 Å². The first-order chi connectivity index (χ1) is 37.2. The van der Waals surface area contributed by atoms with Gasteiger partial charge in [0.15, 0.2) is 0 Å². The second-order valence-corrected chi connectivity index (χ2v) is 20.2. The second-order valence-electron chi connectivity index (χ2n) is 20.2. The lowest BCUT2D eigenvalue weighted by atomic mass is 9.67. The van der Waals surface area contributed by atoms with Crippen molar-refractivity contribution in [3.63, 3.8) is 0 Å². The van der Waals surface area contributed by atoms with E-state index in [2.05, 4.69) is 302 Å². The van der Waals surface area contributed by atoms with Gasteiger partial charge in [0.05, 0.1) is 10.8 Å². The smallest absolute Gasteiger partial charge is 0.0731 e. The van der Waals surface area contributed by atoms with Crippen LogP contribution in [-0.2, 0) is 10.8 Å². The third-order valence-electron chi connectivity index (χ3n) is 16.6. The minimum atomic E-state index is -0.546. The van der Waals surface area contributed by atoms with Gasteiger partial charge in [-0.2, -0.15) is 0 Å². The number of rotatable bonds is 8. The molecule has 0 saturated carbocycles. The van der Waals surface area contributed by atoms with Crippen LogP contribution in [0.15, 0.2) is 297 Å². The fourth-order valence-electron chi connectivity index (χ4n) is 13.6. The summed E-state index contributed by atoms with van der Waals surface area (Å²) in [6, 6.07) is 111. The molecule has 1 nitrogen and oxygen atoms in total. The van der Waals surface area contributed by atoms with Crippen LogP contribution >= 0.6 is 0 Å². The van der Waals surface area contributed by atoms with Crippen molar-refractivity contribution in [2.45, 2.75) is 10.8 Å². The maximum Gasteiger partial charge on any atom is 0.0731 e. The first kappa shape index (κ1) is 43.1. The van der Waals surface area contributed by atoms with Gasteiger partial charge in [0.2, 0.25) is 0 Å². The lowest BCUT2D eigenvalue weighted by molar-refractivity contribution is 0.768. The third-order valence-corrected chi connectivity index (χ3v) is 16.6. The minimum absolute atomic E-state index is 0.546. The molecule has 0 heterocycles. The summed E-state index contributed by atoms with van der Waals surface area (Å²) in [4.78, 5) is 2.48. The van der Waals surface area contributed by atoms with Crippen molar-refractivity contribution in [2.24, 2.45) is 0 Å². The van der Waals surface area contributed by atoms with Crippen molar-refractivity contribution < 1.29 is 0 Å². The SMILES string of the molecule is c1ccc(-c2ccc(N(c3cccc(-c4cccc5c4C4(c6ccccc6-c6ccccc64)c4cccc(-c6ccccc6)c4-5)c3)c3ccc4c(c3)C(c3ccccc3)(c3ccccc3)c3ccccc3-4)cc2)cc1. The van der Waals surface area contributed by atoms with Crippen LogP contribution in [-0.4, -0.2) is 0 Å². The fraction of sp³-hybridized carbons (Fsp3) is 0.0270. The highest BCUT2D eigenvalue weighted by atomic mass is 15.1. The predicted molar refractivity (Wildman–Crippen MR) is 311 cm³/mol. The molecular formula is C74H49N. The maximum absolute atomic E-state index is 2.48. The molecule has 0 bridgehead atoms. The molecule has 0 fully saturated rings. The summed E-state index contributed by atoms with van der Waals surface area (Å²) in [6.07, 6.45) is 0. The van der Waals surface area contributed by atoms with E-state index >= 15 is 0 Å². The highest BCUT2D eigenvalue weighted by Gasteiger charge is 2.53. The zero-order valence-corrected chi connectivity index (χ0v) is 41.2. The molecule has 3 aliphatic rings. The summed E-state index contributed by atoms with van der Waals surface area (Å²) in [6.45, 7) is 0. The van der Waals surface area contributed by atoms with Crippen LogP contribution in [0.5, 0.6) is 0 Å². The molecule has 15 rings (SSSR count). The van der Waals surface area contributed by atoms with Crippen molar-refractivity contribution in [3.05, 3.63) is 342 Å². The van der Waals surface area contributed by atoms with Gasteiger partial charge in [-0.25, -0.2) is 0 Å². The average molecular weight is 952 g/mol. The molecule has 12 aromatic carbocycles. The Morgan fingerprint density at radius 2 is 0.627 bits per heavy atom. The van der Waals surface area contributed by atoms with Crippen molar-refractivity contribution in [2.75, 3.05) is 4.90 Å². The van der Waals surface area contributed by atoms with Crippen molar-refractivity contribution in [1.82, 2.24) is 0 Å². The average Bonchev–Trinajstić information content (AvgIpc) is 4.31. The Balaban J connectivity index is 0.974. The molecule has 12 aromatic rings. The van der Waals surface area contributed by atoms with E-state index in [0.29, 0.717) is 0 Å². The number of hydrogen-bond acceptors (Lipinski definition) is 1. The summed E-state index contributed by atoms with van der Waals surface area (Å²) in [5.74, 6) is 0. The molecule has 0 amide bonds. The van der Waals surface area contributed by atoms with Crippen LogP contribution in [0.1, 0.15) is 44.5 Å². The van der Waals surface area contributed by atoms with Crippen LogP contribution in [0, 0.1) is 0 Å². The predicted octanol–water partition coefficient (Wildman–Crippen LogP) is 18.9. The van der Waals surface area contributed by atoms with Crippen LogP contribution in [0.3, 0.4) is 0 Å². The Morgan fingerprint density at radius 1 is 0.213 bits per heavy atom. The molecule has 0 radical (unpaired) electrons. The second kappa shape index (κ2) is 17.0. The molecular weight excluding hydrogens is 903 g/mol. The van der Waals surface area contributed by atoms with E-state index in [1.54, 1.807) is 0 Å². The summed E-state index contributed by atoms with van der Waals surface area (Å²) in [7, 11) is 0. The lowest BCUT2D eigenvalue weighted by Gasteiger charge is -2.35. The summed E-state index contributed by atoms with van der Waals surface area (Å²) < 4.78 is 0. The van der Waals surface area contributed by atoms with Crippen LogP contribution in [0.4, 0.5) is 17.1 Å². The Labute approximate surface area is 439 Å². The van der Waals surface area contributed by atoms with Gasteiger partial charge in [-0.15, -0.1) is 0 Å².